The summed E-state index contributed by atoms with van der Waals surface area (Å²) in [4.78, 5) is 24.6. The maximum atomic E-state index is 12.6. The molecule has 4 aliphatic carbocycles. The molecule has 4 fully saturated rings. The summed E-state index contributed by atoms with van der Waals surface area (Å²) < 4.78 is 0. The Hall–Kier alpha value is -0.700. The first-order chi connectivity index (χ1) is 10.9. The van der Waals surface area contributed by atoms with E-state index in [1.54, 1.807) is 0 Å². The smallest absolute Gasteiger partial charge is 0.161 e. The number of carbonyl (C=O) groups is 2. The Labute approximate surface area is 139 Å². The molecule has 1 N–H and O–H groups in total. The molecule has 7 atom stereocenters. The molecule has 23 heavy (non-hydrogen) atoms. The van der Waals surface area contributed by atoms with Crippen LogP contribution in [0.15, 0.2) is 0 Å². The lowest BCUT2D eigenvalue weighted by atomic mass is 9.42. The minimum atomic E-state index is -0.740. The molecule has 0 aliphatic heterocycles. The highest BCUT2D eigenvalue weighted by Crippen LogP contribution is 2.64. The van der Waals surface area contributed by atoms with Gasteiger partial charge in [-0.25, -0.2) is 0 Å². The van der Waals surface area contributed by atoms with E-state index >= 15 is 0 Å². The van der Waals surface area contributed by atoms with E-state index in [1.165, 1.54) is 6.42 Å². The summed E-state index contributed by atoms with van der Waals surface area (Å²) in [5.41, 5.74) is 0.00375. The summed E-state index contributed by atoms with van der Waals surface area (Å²) in [5.74, 6) is 2.45. The van der Waals surface area contributed by atoms with Gasteiger partial charge in [0.2, 0.25) is 0 Å². The Morgan fingerprint density at radius 3 is 2.48 bits per heavy atom. The number of carbonyl (C=O) groups excluding carboxylic acids is 2. The van der Waals surface area contributed by atoms with E-state index in [-0.39, 0.29) is 22.5 Å². The molecule has 0 bridgehead atoms. The van der Waals surface area contributed by atoms with Crippen LogP contribution >= 0.6 is 0 Å². The fraction of sp³-hybridized carbons (Fsp3) is 0.900. The molecule has 3 heteroatoms. The van der Waals surface area contributed by atoms with Crippen molar-refractivity contribution in [1.82, 2.24) is 0 Å². The van der Waals surface area contributed by atoms with Crippen molar-refractivity contribution in [2.24, 2.45) is 34.5 Å². The molecule has 0 spiro atoms. The van der Waals surface area contributed by atoms with Gasteiger partial charge < -0.3 is 5.11 Å². The van der Waals surface area contributed by atoms with Crippen molar-refractivity contribution in [3.05, 3.63) is 0 Å². The monoisotopic (exact) mass is 318 g/mol. The molecule has 0 saturated heterocycles. The number of aliphatic hydroxyl groups excluding tert-OH is 1. The maximum Gasteiger partial charge on any atom is 0.161 e. The van der Waals surface area contributed by atoms with Gasteiger partial charge in [0.15, 0.2) is 5.78 Å². The van der Waals surface area contributed by atoms with Gasteiger partial charge in [-0.05, 0) is 74.0 Å². The molecule has 0 aromatic heterocycles. The quantitative estimate of drug-likeness (QED) is 0.743. The van der Waals surface area contributed by atoms with Gasteiger partial charge in [0, 0.05) is 18.3 Å². The van der Waals surface area contributed by atoms with Gasteiger partial charge in [-0.1, -0.05) is 13.8 Å². The Morgan fingerprint density at radius 1 is 0.913 bits per heavy atom. The van der Waals surface area contributed by atoms with E-state index in [0.717, 1.165) is 44.9 Å². The number of hydrogen-bond acceptors (Lipinski definition) is 3. The maximum absolute atomic E-state index is 12.6. The topological polar surface area (TPSA) is 54.4 Å². The third-order valence-corrected chi connectivity index (χ3v) is 8.51. The Balaban J connectivity index is 1.66. The average Bonchev–Trinajstić information content (AvgIpc) is 2.52. The number of fused-ring (bicyclic) bond motifs is 5. The van der Waals surface area contributed by atoms with Crippen molar-refractivity contribution in [3.8, 4) is 0 Å². The van der Waals surface area contributed by atoms with E-state index in [4.69, 9.17) is 0 Å². The van der Waals surface area contributed by atoms with Crippen LogP contribution in [-0.4, -0.2) is 22.8 Å². The van der Waals surface area contributed by atoms with E-state index in [1.807, 2.05) is 0 Å². The molecule has 128 valence electrons. The number of hydrogen-bond donors (Lipinski definition) is 1. The van der Waals surface area contributed by atoms with E-state index in [9.17, 15) is 14.7 Å². The lowest BCUT2D eigenvalue weighted by Crippen LogP contribution is -2.59. The highest BCUT2D eigenvalue weighted by atomic mass is 16.3. The Kier molecular flexibility index (Phi) is 3.54. The molecule has 4 aliphatic rings. The van der Waals surface area contributed by atoms with Crippen LogP contribution in [0.1, 0.15) is 71.6 Å². The van der Waals surface area contributed by atoms with Crippen molar-refractivity contribution >= 4 is 11.6 Å². The molecule has 5 unspecified atom stereocenters. The lowest BCUT2D eigenvalue weighted by molar-refractivity contribution is -0.170. The summed E-state index contributed by atoms with van der Waals surface area (Å²) in [6.07, 6.45) is 7.96. The average molecular weight is 318 g/mol. The Morgan fingerprint density at radius 2 is 1.70 bits per heavy atom. The highest BCUT2D eigenvalue weighted by Gasteiger charge is 2.60. The van der Waals surface area contributed by atoms with Crippen LogP contribution < -0.4 is 0 Å². The zero-order valence-electron chi connectivity index (χ0n) is 14.5. The van der Waals surface area contributed by atoms with Gasteiger partial charge in [0.25, 0.3) is 0 Å². The predicted molar refractivity (Wildman–Crippen MR) is 87.7 cm³/mol. The zero-order valence-corrected chi connectivity index (χ0v) is 14.5. The largest absolute Gasteiger partial charge is 0.385 e. The van der Waals surface area contributed by atoms with Gasteiger partial charge in [0.05, 0.1) is 0 Å². The first-order valence-corrected chi connectivity index (χ1v) is 9.62. The summed E-state index contributed by atoms with van der Waals surface area (Å²) in [5, 5.41) is 10.4. The molecule has 3 nitrogen and oxygen atoms in total. The first-order valence-electron chi connectivity index (χ1n) is 9.62. The molecule has 0 heterocycles. The van der Waals surface area contributed by atoms with Crippen LogP contribution in [-0.2, 0) is 9.59 Å². The summed E-state index contributed by atoms with van der Waals surface area (Å²) in [7, 11) is 0. The standard InChI is InChI=1S/C20H30O3/c1-19-11-9-16(21)18(23)15(19)7-6-12-13-4-3-5-17(22)20(13,2)10-8-14(12)19/h12-15,18,23H,3-11H2,1-2H3/t12?,13-,14?,15-,18?,19?,20?/m0/s1. The van der Waals surface area contributed by atoms with Gasteiger partial charge in [-0.2, -0.15) is 0 Å². The zero-order chi connectivity index (χ0) is 16.4. The molecule has 0 radical (unpaired) electrons. The summed E-state index contributed by atoms with van der Waals surface area (Å²) >= 11 is 0. The second kappa shape index (κ2) is 5.15. The van der Waals surface area contributed by atoms with Crippen LogP contribution in [0.25, 0.3) is 0 Å². The molecular formula is C20H30O3. The molecule has 0 aromatic carbocycles. The van der Waals surface area contributed by atoms with Gasteiger partial charge in [0.1, 0.15) is 11.9 Å². The third-order valence-electron chi connectivity index (χ3n) is 8.51. The highest BCUT2D eigenvalue weighted by molar-refractivity contribution is 5.86. The van der Waals surface area contributed by atoms with E-state index in [2.05, 4.69) is 13.8 Å². The first kappa shape index (κ1) is 15.8. The van der Waals surface area contributed by atoms with Crippen molar-refractivity contribution in [2.45, 2.75) is 77.7 Å². The normalized spacial score (nSPS) is 53.3. The molecular weight excluding hydrogens is 288 g/mol. The molecule has 0 amide bonds. The minimum Gasteiger partial charge on any atom is -0.385 e. The fourth-order valence-electron chi connectivity index (χ4n) is 7.11. The van der Waals surface area contributed by atoms with Gasteiger partial charge in [-0.3, -0.25) is 9.59 Å². The summed E-state index contributed by atoms with van der Waals surface area (Å²) in [6, 6.07) is 0. The lowest BCUT2D eigenvalue weighted by Gasteiger charge is -2.61. The Bertz CT molecular complexity index is 541. The minimum absolute atomic E-state index is 0.0550. The number of aliphatic hydroxyl groups is 1. The van der Waals surface area contributed by atoms with Gasteiger partial charge in [-0.15, -0.1) is 0 Å². The fourth-order valence-corrected chi connectivity index (χ4v) is 7.11. The second-order valence-corrected chi connectivity index (χ2v) is 9.25. The summed E-state index contributed by atoms with van der Waals surface area (Å²) in [6.45, 7) is 4.56. The van der Waals surface area contributed by atoms with Crippen LogP contribution in [0.3, 0.4) is 0 Å². The van der Waals surface area contributed by atoms with Gasteiger partial charge >= 0.3 is 0 Å². The predicted octanol–water partition coefficient (Wildman–Crippen LogP) is 3.53. The molecule has 4 rings (SSSR count). The number of rotatable bonds is 0. The number of ketones is 2. The molecule has 0 aromatic rings. The van der Waals surface area contributed by atoms with Crippen molar-refractivity contribution < 1.29 is 14.7 Å². The van der Waals surface area contributed by atoms with Crippen molar-refractivity contribution in [2.75, 3.05) is 0 Å². The number of Topliss-reactive ketones (excluding diaryl/α,β-unsaturated/α-hetero) is 2. The van der Waals surface area contributed by atoms with Crippen LogP contribution in [0, 0.1) is 34.5 Å². The van der Waals surface area contributed by atoms with E-state index < -0.39 is 6.10 Å². The van der Waals surface area contributed by atoms with Crippen molar-refractivity contribution in [1.29, 1.82) is 0 Å². The van der Waals surface area contributed by atoms with Crippen LogP contribution in [0.5, 0.6) is 0 Å². The van der Waals surface area contributed by atoms with Crippen LogP contribution in [0.4, 0.5) is 0 Å². The molecule has 4 saturated carbocycles. The van der Waals surface area contributed by atoms with E-state index in [0.29, 0.717) is 30.0 Å². The SMILES string of the molecule is CC12CCC3C(CC[C@H]4C(O)C(=O)CCC34C)[C@@H]1CCCC2=O. The van der Waals surface area contributed by atoms with Crippen LogP contribution in [0.2, 0.25) is 0 Å². The third kappa shape index (κ3) is 2.04. The second-order valence-electron chi connectivity index (χ2n) is 9.25. The van der Waals surface area contributed by atoms with Crippen molar-refractivity contribution in [3.63, 3.8) is 0 Å².